The Kier molecular flexibility index (Phi) is 8.93. The lowest BCUT2D eigenvalue weighted by atomic mass is 10.6. The Balaban J connectivity index is 0. The Morgan fingerprint density at radius 2 is 1.38 bits per heavy atom. The van der Waals surface area contributed by atoms with Crippen LogP contribution in [0.15, 0.2) is 0 Å². The number of thiocarbonyl (C=S) groups is 1. The minimum atomic E-state index is 0.579. The van der Waals surface area contributed by atoms with Crippen LogP contribution in [0, 0.1) is 0 Å². The zero-order chi connectivity index (χ0) is 11.1. The van der Waals surface area contributed by atoms with E-state index in [0.717, 1.165) is 17.6 Å². The molecule has 0 bridgehead atoms. The molecular formula is C9H22N2S2. The highest BCUT2D eigenvalue weighted by atomic mass is 32.1. The smallest absolute Gasteiger partial charge is 0.0675 e. The van der Waals surface area contributed by atoms with Gasteiger partial charge in [-0.25, -0.2) is 0 Å². The Morgan fingerprint density at radius 3 is 1.38 bits per heavy atom. The zero-order valence-electron chi connectivity index (χ0n) is 9.63. The average Bonchev–Trinajstić information content (AvgIpc) is 1.85. The third-order valence-corrected chi connectivity index (χ3v) is 1.54. The first kappa shape index (κ1) is 15.5. The van der Waals surface area contributed by atoms with E-state index in [-0.39, 0.29) is 0 Å². The molecule has 0 N–H and O–H groups in total. The minimum Gasteiger partial charge on any atom is -0.411 e. The summed E-state index contributed by atoms with van der Waals surface area (Å²) in [5, 5.41) is 0. The third-order valence-electron chi connectivity index (χ3n) is 1.02. The molecule has 0 spiro atoms. The molecule has 0 radical (unpaired) electrons. The van der Waals surface area contributed by atoms with Gasteiger partial charge in [-0.2, -0.15) is 0 Å². The summed E-state index contributed by atoms with van der Waals surface area (Å²) in [6.07, 6.45) is 0. The van der Waals surface area contributed by atoms with E-state index in [1.54, 1.807) is 0 Å². The van der Waals surface area contributed by atoms with Crippen molar-refractivity contribution >= 4 is 29.2 Å². The summed E-state index contributed by atoms with van der Waals surface area (Å²) in [5.41, 5.74) is 0. The van der Waals surface area contributed by atoms with Crippen molar-refractivity contribution < 1.29 is 4.48 Å². The van der Waals surface area contributed by atoms with Gasteiger partial charge in [-0.05, 0) is 13.8 Å². The van der Waals surface area contributed by atoms with E-state index in [4.69, 9.17) is 24.8 Å². The first-order valence-electron chi connectivity index (χ1n) is 4.47. The van der Waals surface area contributed by atoms with Crippen molar-refractivity contribution in [3.05, 3.63) is 0 Å². The summed E-state index contributed by atoms with van der Waals surface area (Å²) in [6, 6.07) is 0. The molecule has 0 fully saturated rings. The number of nitrogens with zero attached hydrogens (tertiary/aromatic N) is 2. The maximum atomic E-state index is 4.76. The van der Waals surface area contributed by atoms with Crippen molar-refractivity contribution in [3.8, 4) is 0 Å². The lowest BCUT2D eigenvalue weighted by molar-refractivity contribution is -0.849. The quantitative estimate of drug-likeness (QED) is 0.396. The third kappa shape index (κ3) is 18.8. The molecule has 13 heavy (non-hydrogen) atoms. The predicted molar refractivity (Wildman–Crippen MR) is 66.8 cm³/mol. The Morgan fingerprint density at radius 1 is 1.15 bits per heavy atom. The molecule has 2 nitrogen and oxygen atoms in total. The first-order chi connectivity index (χ1) is 5.72. The molecule has 0 aromatic heterocycles. The summed E-state index contributed by atoms with van der Waals surface area (Å²) < 4.78 is 1.58. The van der Waals surface area contributed by atoms with Crippen molar-refractivity contribution in [2.75, 3.05) is 41.3 Å². The van der Waals surface area contributed by atoms with Gasteiger partial charge in [-0.15, -0.1) is 0 Å². The molecule has 0 aliphatic rings. The highest BCUT2D eigenvalue weighted by Crippen LogP contribution is 1.87. The molecular weight excluding hydrogens is 200 g/mol. The molecule has 0 aromatic rings. The van der Waals surface area contributed by atoms with Crippen LogP contribution in [0.5, 0.6) is 0 Å². The van der Waals surface area contributed by atoms with Gasteiger partial charge < -0.3 is 34.2 Å². The van der Waals surface area contributed by atoms with Crippen molar-refractivity contribution in [2.45, 2.75) is 13.8 Å². The highest BCUT2D eigenvalue weighted by molar-refractivity contribution is 8.00. The number of hydrogen-bond donors (Lipinski definition) is 0. The summed E-state index contributed by atoms with van der Waals surface area (Å²) in [6.45, 7) is 5.95. The second-order valence-electron chi connectivity index (χ2n) is 4.12. The van der Waals surface area contributed by atoms with Crippen molar-refractivity contribution in [1.29, 1.82) is 0 Å². The standard InChI is InChI=1S/C5H11NS2.C4H12N/c1-3-6(4-2)5(7)8;1-5(2,3)4/h3-4H2,1-2H3,(H,7,8);1-4H3/q;+1/p-1. The highest BCUT2D eigenvalue weighted by Gasteiger charge is 1.89. The van der Waals surface area contributed by atoms with Gasteiger partial charge in [0, 0.05) is 13.1 Å². The van der Waals surface area contributed by atoms with Gasteiger partial charge in [-0.1, -0.05) is 4.32 Å². The molecule has 0 heterocycles. The van der Waals surface area contributed by atoms with E-state index in [2.05, 4.69) is 28.2 Å². The van der Waals surface area contributed by atoms with Crippen LogP contribution >= 0.6 is 12.2 Å². The van der Waals surface area contributed by atoms with Crippen LogP contribution in [-0.4, -0.2) is 55.0 Å². The van der Waals surface area contributed by atoms with E-state index in [1.165, 1.54) is 0 Å². The SMILES string of the molecule is CCN(CC)C(=S)[S-].C[N+](C)(C)C. The molecule has 0 rings (SSSR count). The van der Waals surface area contributed by atoms with E-state index in [1.807, 2.05) is 18.7 Å². The van der Waals surface area contributed by atoms with Gasteiger partial charge in [0.25, 0.3) is 0 Å². The molecule has 0 aliphatic carbocycles. The Hall–Kier alpha value is 0.0700. The summed E-state index contributed by atoms with van der Waals surface area (Å²) >= 11 is 9.51. The van der Waals surface area contributed by atoms with Gasteiger partial charge in [0.1, 0.15) is 0 Å². The van der Waals surface area contributed by atoms with Crippen molar-refractivity contribution in [3.63, 3.8) is 0 Å². The molecule has 0 amide bonds. The first-order valence-corrected chi connectivity index (χ1v) is 5.28. The molecule has 0 saturated heterocycles. The molecule has 0 atom stereocenters. The van der Waals surface area contributed by atoms with Crippen LogP contribution in [0.1, 0.15) is 13.8 Å². The monoisotopic (exact) mass is 222 g/mol. The average molecular weight is 222 g/mol. The van der Waals surface area contributed by atoms with Gasteiger partial charge in [-0.3, -0.25) is 0 Å². The lowest BCUT2D eigenvalue weighted by Gasteiger charge is -2.24. The molecule has 0 aliphatic heterocycles. The predicted octanol–water partition coefficient (Wildman–Crippen LogP) is 1.48. The maximum absolute atomic E-state index is 4.76. The molecule has 4 heteroatoms. The van der Waals surface area contributed by atoms with Crippen LogP contribution < -0.4 is 0 Å². The Bertz CT molecular complexity index is 131. The van der Waals surface area contributed by atoms with Crippen LogP contribution in [0.25, 0.3) is 0 Å². The maximum Gasteiger partial charge on any atom is 0.0675 e. The van der Waals surface area contributed by atoms with Crippen LogP contribution in [-0.2, 0) is 12.6 Å². The second-order valence-corrected chi connectivity index (χ2v) is 5.15. The van der Waals surface area contributed by atoms with E-state index < -0.39 is 0 Å². The summed E-state index contributed by atoms with van der Waals surface area (Å²) in [7, 11) is 8.50. The minimum absolute atomic E-state index is 0.579. The van der Waals surface area contributed by atoms with Gasteiger partial charge >= 0.3 is 0 Å². The summed E-state index contributed by atoms with van der Waals surface area (Å²) in [5.74, 6) is 0. The summed E-state index contributed by atoms with van der Waals surface area (Å²) in [4.78, 5) is 1.96. The zero-order valence-corrected chi connectivity index (χ0v) is 11.3. The fourth-order valence-electron chi connectivity index (χ4n) is 0.482. The largest absolute Gasteiger partial charge is 0.411 e. The van der Waals surface area contributed by atoms with Crippen LogP contribution in [0.4, 0.5) is 0 Å². The van der Waals surface area contributed by atoms with Crippen LogP contribution in [0.3, 0.4) is 0 Å². The molecule has 0 saturated carbocycles. The van der Waals surface area contributed by atoms with E-state index >= 15 is 0 Å². The number of hydrogen-bond acceptors (Lipinski definition) is 2. The van der Waals surface area contributed by atoms with Crippen LogP contribution in [0.2, 0.25) is 0 Å². The molecule has 0 unspecified atom stereocenters. The topological polar surface area (TPSA) is 3.24 Å². The number of rotatable bonds is 2. The van der Waals surface area contributed by atoms with Crippen molar-refractivity contribution in [1.82, 2.24) is 4.90 Å². The Labute approximate surface area is 93.9 Å². The van der Waals surface area contributed by atoms with E-state index in [9.17, 15) is 0 Å². The van der Waals surface area contributed by atoms with Gasteiger partial charge in [0.2, 0.25) is 0 Å². The normalized spacial score (nSPS) is 10.0. The van der Waals surface area contributed by atoms with Crippen molar-refractivity contribution in [2.24, 2.45) is 0 Å². The molecule has 80 valence electrons. The number of quaternary nitrogens is 1. The molecule has 0 aromatic carbocycles. The second kappa shape index (κ2) is 7.47. The fraction of sp³-hybridized carbons (Fsp3) is 0.889. The van der Waals surface area contributed by atoms with Gasteiger partial charge in [0.05, 0.1) is 28.2 Å². The lowest BCUT2D eigenvalue weighted by Crippen LogP contribution is -2.27. The van der Waals surface area contributed by atoms with E-state index in [0.29, 0.717) is 4.32 Å². The fourth-order valence-corrected chi connectivity index (χ4v) is 0.998. The van der Waals surface area contributed by atoms with Gasteiger partial charge in [0.15, 0.2) is 0 Å².